The molecule has 2 heterocycles. The van der Waals surface area contributed by atoms with Crippen LogP contribution >= 0.6 is 0 Å². The van der Waals surface area contributed by atoms with Crippen LogP contribution in [0.25, 0.3) is 11.3 Å². The van der Waals surface area contributed by atoms with Crippen LogP contribution in [0.1, 0.15) is 24.0 Å². The third-order valence-electron chi connectivity index (χ3n) is 4.43. The van der Waals surface area contributed by atoms with Crippen molar-refractivity contribution in [2.45, 2.75) is 32.0 Å². The highest BCUT2D eigenvalue weighted by atomic mass is 19.4. The Labute approximate surface area is 142 Å². The number of halogens is 3. The zero-order chi connectivity index (χ0) is 18.2. The summed E-state index contributed by atoms with van der Waals surface area (Å²) in [5.41, 5.74) is -0.109. The second kappa shape index (κ2) is 6.51. The van der Waals surface area contributed by atoms with E-state index < -0.39 is 17.5 Å². The molecule has 134 valence electrons. The van der Waals surface area contributed by atoms with E-state index in [1.165, 1.54) is 6.92 Å². The van der Waals surface area contributed by atoms with Crippen LogP contribution < -0.4 is 4.90 Å². The molecule has 1 aromatic carbocycles. The Kier molecular flexibility index (Phi) is 4.55. The maximum absolute atomic E-state index is 12.8. The molecule has 1 atom stereocenters. The summed E-state index contributed by atoms with van der Waals surface area (Å²) < 4.78 is 38.4. The normalized spacial score (nSPS) is 18.0. The zero-order valence-electron chi connectivity index (χ0n) is 13.6. The van der Waals surface area contributed by atoms with E-state index in [4.69, 9.17) is 0 Å². The first kappa shape index (κ1) is 17.5. The Morgan fingerprint density at radius 1 is 1.24 bits per heavy atom. The van der Waals surface area contributed by atoms with Crippen molar-refractivity contribution in [3.8, 4) is 17.0 Å². The molecule has 2 aromatic rings. The van der Waals surface area contributed by atoms with Gasteiger partial charge in [-0.3, -0.25) is 0 Å². The number of anilines is 1. The fourth-order valence-corrected chi connectivity index (χ4v) is 3.20. The summed E-state index contributed by atoms with van der Waals surface area (Å²) in [4.78, 5) is 1.95. The smallest absolute Gasteiger partial charge is 0.416 e. The van der Waals surface area contributed by atoms with Gasteiger partial charge in [0.1, 0.15) is 5.75 Å². The topological polar surface area (TPSA) is 69.5 Å². The number of alkyl halides is 3. The highest BCUT2D eigenvalue weighted by Crippen LogP contribution is 2.38. The molecule has 0 bridgehead atoms. The number of aliphatic hydroxyl groups excluding tert-OH is 1. The molecule has 1 saturated heterocycles. The number of aliphatic hydroxyl groups is 1. The van der Waals surface area contributed by atoms with Gasteiger partial charge in [-0.2, -0.15) is 13.2 Å². The highest BCUT2D eigenvalue weighted by molar-refractivity contribution is 5.71. The predicted octanol–water partition coefficient (Wildman–Crippen LogP) is 3.14. The molecule has 0 radical (unpaired) electrons. The molecule has 0 aliphatic carbocycles. The van der Waals surface area contributed by atoms with Crippen molar-refractivity contribution in [2.24, 2.45) is 0 Å². The van der Waals surface area contributed by atoms with Gasteiger partial charge in [0.25, 0.3) is 0 Å². The van der Waals surface area contributed by atoms with Crippen LogP contribution in [-0.4, -0.2) is 39.6 Å². The van der Waals surface area contributed by atoms with E-state index in [0.717, 1.165) is 25.5 Å². The van der Waals surface area contributed by atoms with Crippen molar-refractivity contribution in [3.63, 3.8) is 0 Å². The first-order valence-electron chi connectivity index (χ1n) is 7.93. The van der Waals surface area contributed by atoms with Crippen LogP contribution in [0.15, 0.2) is 24.3 Å². The van der Waals surface area contributed by atoms with Crippen LogP contribution in [0.2, 0.25) is 0 Å². The molecule has 1 aliphatic rings. The van der Waals surface area contributed by atoms with Crippen molar-refractivity contribution in [3.05, 3.63) is 35.4 Å². The van der Waals surface area contributed by atoms with Crippen molar-refractivity contribution < 1.29 is 23.4 Å². The lowest BCUT2D eigenvalue weighted by molar-refractivity contribution is -0.137. The van der Waals surface area contributed by atoms with Gasteiger partial charge in [-0.05, 0) is 49.6 Å². The third kappa shape index (κ3) is 3.39. The molecule has 1 aliphatic heterocycles. The number of aromatic nitrogens is 2. The van der Waals surface area contributed by atoms with Crippen molar-refractivity contribution in [1.29, 1.82) is 0 Å². The largest absolute Gasteiger partial charge is 0.507 e. The quantitative estimate of drug-likeness (QED) is 0.887. The number of nitrogens with zero attached hydrogens (tertiary/aromatic N) is 3. The Morgan fingerprint density at radius 3 is 2.56 bits per heavy atom. The molecule has 25 heavy (non-hydrogen) atoms. The Bertz CT molecular complexity index is 740. The van der Waals surface area contributed by atoms with Crippen LogP contribution in [0.4, 0.5) is 19.0 Å². The molecular formula is C17H18F3N3O2. The van der Waals surface area contributed by atoms with E-state index >= 15 is 0 Å². The maximum atomic E-state index is 12.8. The van der Waals surface area contributed by atoms with E-state index in [2.05, 4.69) is 10.2 Å². The summed E-state index contributed by atoms with van der Waals surface area (Å²) in [6.45, 7) is 2.29. The van der Waals surface area contributed by atoms with E-state index in [9.17, 15) is 23.4 Å². The van der Waals surface area contributed by atoms with Gasteiger partial charge in [0, 0.05) is 12.1 Å². The average molecular weight is 353 g/mol. The molecule has 0 saturated carbocycles. The van der Waals surface area contributed by atoms with Gasteiger partial charge in [-0.25, -0.2) is 0 Å². The Morgan fingerprint density at radius 2 is 2.00 bits per heavy atom. The molecule has 0 unspecified atom stereocenters. The van der Waals surface area contributed by atoms with Gasteiger partial charge >= 0.3 is 6.18 Å². The minimum absolute atomic E-state index is 0.00126. The van der Waals surface area contributed by atoms with Crippen molar-refractivity contribution in [1.82, 2.24) is 10.2 Å². The number of hydrogen-bond donors (Lipinski definition) is 2. The number of phenols is 1. The summed E-state index contributed by atoms with van der Waals surface area (Å²) in [5.74, 6) is 0.119. The fraction of sp³-hybridized carbons (Fsp3) is 0.412. The number of benzene rings is 1. The fourth-order valence-electron chi connectivity index (χ4n) is 3.20. The lowest BCUT2D eigenvalue weighted by atomic mass is 10.0. The predicted molar refractivity (Wildman–Crippen MR) is 86.3 cm³/mol. The van der Waals surface area contributed by atoms with E-state index in [1.54, 1.807) is 12.1 Å². The molecule has 3 rings (SSSR count). The summed E-state index contributed by atoms with van der Waals surface area (Å²) in [6.07, 6.45) is -2.70. The first-order chi connectivity index (χ1) is 11.8. The number of hydrogen-bond acceptors (Lipinski definition) is 5. The second-order valence-corrected chi connectivity index (χ2v) is 6.13. The number of phenolic OH excluding ortho intramolecular Hbond substituents is 1. The molecule has 0 spiro atoms. The molecule has 2 N–H and O–H groups in total. The van der Waals surface area contributed by atoms with Gasteiger partial charge in [-0.15, -0.1) is 10.2 Å². The molecule has 1 aromatic heterocycles. The highest BCUT2D eigenvalue weighted by Gasteiger charge is 2.32. The van der Waals surface area contributed by atoms with Crippen LogP contribution in [-0.2, 0) is 6.18 Å². The van der Waals surface area contributed by atoms with Crippen molar-refractivity contribution in [2.75, 3.05) is 18.1 Å². The standard InChI is InChI=1S/C17H18F3N3O2/c1-10-7-11(17(18,19)20)8-14(25)16(10)13-4-5-15(22-21-13)23-6-2-3-12(23)9-24/h4-5,7-8,12,24-25H,2-3,6,9H2,1H3/t12-/m0/s1. The number of aryl methyl sites for hydroxylation is 1. The lowest BCUT2D eigenvalue weighted by Crippen LogP contribution is -2.32. The minimum Gasteiger partial charge on any atom is -0.507 e. The molecule has 8 heteroatoms. The number of rotatable bonds is 3. The van der Waals surface area contributed by atoms with Gasteiger partial charge in [0.15, 0.2) is 5.82 Å². The maximum Gasteiger partial charge on any atom is 0.416 e. The summed E-state index contributed by atoms with van der Waals surface area (Å²) in [7, 11) is 0. The van der Waals surface area contributed by atoms with Crippen LogP contribution in [0.5, 0.6) is 5.75 Å². The molecule has 1 fully saturated rings. The number of aromatic hydroxyl groups is 1. The Hall–Kier alpha value is -2.35. The zero-order valence-corrected chi connectivity index (χ0v) is 13.6. The van der Waals surface area contributed by atoms with E-state index in [-0.39, 0.29) is 23.8 Å². The lowest BCUT2D eigenvalue weighted by Gasteiger charge is -2.23. The van der Waals surface area contributed by atoms with Gasteiger partial charge in [0.05, 0.1) is 23.9 Å². The van der Waals surface area contributed by atoms with Crippen LogP contribution in [0.3, 0.4) is 0 Å². The summed E-state index contributed by atoms with van der Waals surface area (Å²) >= 11 is 0. The van der Waals surface area contributed by atoms with E-state index in [0.29, 0.717) is 17.6 Å². The monoisotopic (exact) mass is 353 g/mol. The first-order valence-corrected chi connectivity index (χ1v) is 7.93. The SMILES string of the molecule is Cc1cc(C(F)(F)F)cc(O)c1-c1ccc(N2CCC[C@H]2CO)nn1. The van der Waals surface area contributed by atoms with Gasteiger partial charge in [-0.1, -0.05) is 0 Å². The Balaban J connectivity index is 1.93. The molecule has 5 nitrogen and oxygen atoms in total. The van der Waals surface area contributed by atoms with E-state index in [1.807, 2.05) is 4.90 Å². The molecular weight excluding hydrogens is 335 g/mol. The minimum atomic E-state index is -4.52. The molecule has 0 amide bonds. The summed E-state index contributed by atoms with van der Waals surface area (Å²) in [5, 5.41) is 27.6. The van der Waals surface area contributed by atoms with Gasteiger partial charge < -0.3 is 15.1 Å². The van der Waals surface area contributed by atoms with Crippen LogP contribution in [0, 0.1) is 6.92 Å². The van der Waals surface area contributed by atoms with Gasteiger partial charge in [0.2, 0.25) is 0 Å². The van der Waals surface area contributed by atoms with Crippen molar-refractivity contribution >= 4 is 5.82 Å². The summed E-state index contributed by atoms with van der Waals surface area (Å²) in [6, 6.07) is 4.99. The third-order valence-corrected chi connectivity index (χ3v) is 4.43. The second-order valence-electron chi connectivity index (χ2n) is 6.13. The average Bonchev–Trinajstić information content (AvgIpc) is 3.02.